The molecule has 1 aromatic heterocycles. The van der Waals surface area contributed by atoms with Gasteiger partial charge in [-0.1, -0.05) is 35.3 Å². The van der Waals surface area contributed by atoms with Crippen molar-refractivity contribution in [2.75, 3.05) is 0 Å². The van der Waals surface area contributed by atoms with Crippen molar-refractivity contribution in [3.8, 4) is 11.5 Å². The van der Waals surface area contributed by atoms with Gasteiger partial charge in [0.05, 0.1) is 10.0 Å². The molecule has 0 aliphatic rings. The second-order valence-electron chi connectivity index (χ2n) is 4.02. The molecule has 2 rings (SSSR count). The molecule has 1 aromatic carbocycles. The lowest BCUT2D eigenvalue weighted by molar-refractivity contribution is 0.419. The normalized spacial score (nSPS) is 12.7. The van der Waals surface area contributed by atoms with Crippen LogP contribution in [0.1, 0.15) is 19.2 Å². The van der Waals surface area contributed by atoms with Crippen molar-refractivity contribution in [3.05, 3.63) is 34.1 Å². The van der Waals surface area contributed by atoms with E-state index < -0.39 is 0 Å². The summed E-state index contributed by atoms with van der Waals surface area (Å²) in [6.45, 7) is 2.02. The van der Waals surface area contributed by atoms with E-state index in [4.69, 9.17) is 33.5 Å². The molecule has 0 spiro atoms. The fourth-order valence-electron chi connectivity index (χ4n) is 1.46. The lowest BCUT2D eigenvalue weighted by Gasteiger charge is -2.02. The molecule has 1 heterocycles. The summed E-state index contributed by atoms with van der Waals surface area (Å²) >= 11 is 11.8. The van der Waals surface area contributed by atoms with E-state index >= 15 is 0 Å². The molecule has 0 aliphatic carbocycles. The molecule has 1 unspecified atom stereocenters. The maximum absolute atomic E-state index is 5.94. The van der Waals surface area contributed by atoms with E-state index in [-0.39, 0.29) is 6.04 Å². The lowest BCUT2D eigenvalue weighted by atomic mass is 10.1. The Kier molecular flexibility index (Phi) is 4.22. The molecule has 2 aromatic rings. The van der Waals surface area contributed by atoms with Crippen molar-refractivity contribution < 1.29 is 4.52 Å². The van der Waals surface area contributed by atoms with Crippen LogP contribution < -0.4 is 5.73 Å². The molecule has 4 nitrogen and oxygen atoms in total. The minimum Gasteiger partial charge on any atom is -0.334 e. The van der Waals surface area contributed by atoms with Crippen LogP contribution in [0.2, 0.25) is 10.0 Å². The highest BCUT2D eigenvalue weighted by molar-refractivity contribution is 6.42. The van der Waals surface area contributed by atoms with Crippen molar-refractivity contribution in [2.45, 2.75) is 25.8 Å². The lowest BCUT2D eigenvalue weighted by Crippen LogP contribution is -2.21. The van der Waals surface area contributed by atoms with E-state index in [9.17, 15) is 0 Å². The van der Waals surface area contributed by atoms with Gasteiger partial charge in [-0.15, -0.1) is 0 Å². The molecule has 96 valence electrons. The summed E-state index contributed by atoms with van der Waals surface area (Å²) in [5.74, 6) is 1.03. The first-order chi connectivity index (χ1) is 8.60. The second kappa shape index (κ2) is 5.69. The number of hydrogen-bond donors (Lipinski definition) is 1. The second-order valence-corrected chi connectivity index (χ2v) is 4.83. The quantitative estimate of drug-likeness (QED) is 0.936. The Morgan fingerprint density at radius 3 is 2.78 bits per heavy atom. The molecule has 0 radical (unpaired) electrons. The third-order valence-electron chi connectivity index (χ3n) is 2.60. The number of hydrogen-bond acceptors (Lipinski definition) is 4. The molecule has 0 aliphatic heterocycles. The van der Waals surface area contributed by atoms with E-state index in [1.807, 2.05) is 6.92 Å². The zero-order valence-corrected chi connectivity index (χ0v) is 11.4. The van der Waals surface area contributed by atoms with Crippen LogP contribution in [0, 0.1) is 0 Å². The van der Waals surface area contributed by atoms with Gasteiger partial charge in [0.25, 0.3) is 5.89 Å². The van der Waals surface area contributed by atoms with E-state index in [2.05, 4.69) is 10.1 Å². The largest absolute Gasteiger partial charge is 0.334 e. The summed E-state index contributed by atoms with van der Waals surface area (Å²) in [6.07, 6.45) is 1.47. The first kappa shape index (κ1) is 13.3. The van der Waals surface area contributed by atoms with Crippen LogP contribution in [-0.4, -0.2) is 16.2 Å². The minimum atomic E-state index is 0.0456. The third-order valence-corrected chi connectivity index (χ3v) is 3.34. The van der Waals surface area contributed by atoms with Crippen LogP contribution in [0.3, 0.4) is 0 Å². The Balaban J connectivity index is 2.21. The number of aromatic nitrogens is 2. The Labute approximate surface area is 115 Å². The average molecular weight is 286 g/mol. The van der Waals surface area contributed by atoms with Crippen molar-refractivity contribution in [3.63, 3.8) is 0 Å². The maximum atomic E-state index is 5.94. The highest BCUT2D eigenvalue weighted by atomic mass is 35.5. The summed E-state index contributed by atoms with van der Waals surface area (Å²) in [5, 5.41) is 4.84. The van der Waals surface area contributed by atoms with Crippen LogP contribution in [0.4, 0.5) is 0 Å². The van der Waals surface area contributed by atoms with Crippen molar-refractivity contribution in [2.24, 2.45) is 5.73 Å². The van der Waals surface area contributed by atoms with Crippen LogP contribution in [0.15, 0.2) is 22.7 Å². The Morgan fingerprint density at radius 1 is 1.33 bits per heavy atom. The van der Waals surface area contributed by atoms with Gasteiger partial charge in [0.1, 0.15) is 0 Å². The smallest absolute Gasteiger partial charge is 0.257 e. The van der Waals surface area contributed by atoms with Crippen molar-refractivity contribution in [1.29, 1.82) is 0 Å². The summed E-state index contributed by atoms with van der Waals surface area (Å²) in [4.78, 5) is 4.28. The zero-order chi connectivity index (χ0) is 13.1. The van der Waals surface area contributed by atoms with E-state index in [1.165, 1.54) is 0 Å². The predicted molar refractivity (Wildman–Crippen MR) is 71.7 cm³/mol. The molecule has 1 atom stereocenters. The highest BCUT2D eigenvalue weighted by Crippen LogP contribution is 2.27. The fraction of sp³-hybridized carbons (Fsp3) is 0.333. The van der Waals surface area contributed by atoms with Gasteiger partial charge in [0.2, 0.25) is 0 Å². The number of nitrogens with zero attached hydrogens (tertiary/aromatic N) is 2. The van der Waals surface area contributed by atoms with Gasteiger partial charge in [-0.25, -0.2) is 0 Å². The summed E-state index contributed by atoms with van der Waals surface area (Å²) in [6, 6.07) is 5.22. The molecule has 0 bridgehead atoms. The number of halogens is 2. The van der Waals surface area contributed by atoms with E-state index in [1.54, 1.807) is 18.2 Å². The van der Waals surface area contributed by atoms with Gasteiger partial charge >= 0.3 is 0 Å². The number of nitrogens with two attached hydrogens (primary N) is 1. The average Bonchev–Trinajstić information content (AvgIpc) is 2.81. The molecule has 0 fully saturated rings. The first-order valence-electron chi connectivity index (χ1n) is 5.63. The Bertz CT molecular complexity index is 542. The van der Waals surface area contributed by atoms with E-state index in [0.717, 1.165) is 12.0 Å². The molecular weight excluding hydrogens is 273 g/mol. The minimum absolute atomic E-state index is 0.0456. The molecule has 0 saturated carbocycles. The van der Waals surface area contributed by atoms with Gasteiger partial charge in [-0.2, -0.15) is 4.98 Å². The van der Waals surface area contributed by atoms with E-state index in [0.29, 0.717) is 28.2 Å². The number of rotatable bonds is 4. The predicted octanol–water partition coefficient (Wildman–Crippen LogP) is 3.32. The fourth-order valence-corrected chi connectivity index (χ4v) is 1.76. The topological polar surface area (TPSA) is 64.9 Å². The molecule has 2 N–H and O–H groups in total. The van der Waals surface area contributed by atoms with Gasteiger partial charge in [-0.05, 0) is 24.6 Å². The molecular formula is C12H13Cl2N3O. The van der Waals surface area contributed by atoms with Crippen molar-refractivity contribution >= 4 is 23.2 Å². The summed E-state index contributed by atoms with van der Waals surface area (Å²) in [7, 11) is 0. The van der Waals surface area contributed by atoms with Gasteiger partial charge < -0.3 is 10.3 Å². The SMILES string of the molecule is CCC(N)Cc1noc(-c2ccc(Cl)c(Cl)c2)n1. The molecule has 0 saturated heterocycles. The standard InChI is InChI=1S/C12H13Cl2N3O/c1-2-8(15)6-11-16-12(18-17-11)7-3-4-9(13)10(14)5-7/h3-5,8H,2,6,15H2,1H3. The van der Waals surface area contributed by atoms with Gasteiger partial charge in [0, 0.05) is 18.0 Å². The molecule has 18 heavy (non-hydrogen) atoms. The zero-order valence-electron chi connectivity index (χ0n) is 9.86. The first-order valence-corrected chi connectivity index (χ1v) is 6.39. The monoisotopic (exact) mass is 285 g/mol. The maximum Gasteiger partial charge on any atom is 0.257 e. The van der Waals surface area contributed by atoms with Crippen LogP contribution >= 0.6 is 23.2 Å². The Morgan fingerprint density at radius 2 is 2.11 bits per heavy atom. The summed E-state index contributed by atoms with van der Waals surface area (Å²) < 4.78 is 5.17. The van der Waals surface area contributed by atoms with Crippen LogP contribution in [0.25, 0.3) is 11.5 Å². The van der Waals surface area contributed by atoms with Gasteiger partial charge in [0.15, 0.2) is 5.82 Å². The third kappa shape index (κ3) is 3.02. The molecule has 6 heteroatoms. The van der Waals surface area contributed by atoms with Crippen molar-refractivity contribution in [1.82, 2.24) is 10.1 Å². The highest BCUT2D eigenvalue weighted by Gasteiger charge is 2.12. The van der Waals surface area contributed by atoms with Gasteiger partial charge in [-0.3, -0.25) is 0 Å². The van der Waals surface area contributed by atoms with Crippen LogP contribution in [-0.2, 0) is 6.42 Å². The number of benzene rings is 1. The Hall–Kier alpha value is -1.10. The molecule has 0 amide bonds. The van der Waals surface area contributed by atoms with Crippen LogP contribution in [0.5, 0.6) is 0 Å². The summed E-state index contributed by atoms with van der Waals surface area (Å²) in [5.41, 5.74) is 6.58.